The number of aliphatic hydroxyl groups excluding tert-OH is 1. The standard InChI is InChI=1S/C9H22N2O/c1-8(2)9(3,7-10)11-5-4-6-12/h8,11-12H,4-7,10H2,1-3H3. The molecule has 0 aromatic carbocycles. The summed E-state index contributed by atoms with van der Waals surface area (Å²) in [4.78, 5) is 0. The van der Waals surface area contributed by atoms with Gasteiger partial charge in [0.2, 0.25) is 0 Å². The Balaban J connectivity index is 3.80. The van der Waals surface area contributed by atoms with Crippen molar-refractivity contribution >= 4 is 0 Å². The molecule has 0 aromatic rings. The van der Waals surface area contributed by atoms with Crippen LogP contribution in [0.1, 0.15) is 27.2 Å². The average molecular weight is 174 g/mol. The zero-order chi connectivity index (χ0) is 9.61. The summed E-state index contributed by atoms with van der Waals surface area (Å²) in [5.41, 5.74) is 5.67. The van der Waals surface area contributed by atoms with Crippen molar-refractivity contribution < 1.29 is 5.11 Å². The summed E-state index contributed by atoms with van der Waals surface area (Å²) in [5.74, 6) is 0.515. The van der Waals surface area contributed by atoms with Gasteiger partial charge in [-0.05, 0) is 25.8 Å². The zero-order valence-electron chi connectivity index (χ0n) is 8.43. The average Bonchev–Trinajstić information content (AvgIpc) is 2.04. The molecule has 74 valence electrons. The molecule has 0 rings (SSSR count). The Morgan fingerprint density at radius 3 is 2.42 bits per heavy atom. The van der Waals surface area contributed by atoms with E-state index >= 15 is 0 Å². The summed E-state index contributed by atoms with van der Waals surface area (Å²) in [5, 5.41) is 12.0. The van der Waals surface area contributed by atoms with Gasteiger partial charge >= 0.3 is 0 Å². The molecule has 1 unspecified atom stereocenters. The molecule has 0 bridgehead atoms. The molecule has 0 fully saturated rings. The molecule has 3 heteroatoms. The van der Waals surface area contributed by atoms with Gasteiger partial charge in [0.1, 0.15) is 0 Å². The molecule has 0 spiro atoms. The maximum Gasteiger partial charge on any atom is 0.0443 e. The first-order valence-corrected chi connectivity index (χ1v) is 4.62. The SMILES string of the molecule is CC(C)C(C)(CN)NCCCO. The van der Waals surface area contributed by atoms with Gasteiger partial charge in [-0.3, -0.25) is 0 Å². The molecule has 0 aliphatic rings. The molecule has 0 amide bonds. The van der Waals surface area contributed by atoms with E-state index in [2.05, 4.69) is 26.1 Å². The number of nitrogens with one attached hydrogen (secondary N) is 1. The lowest BCUT2D eigenvalue weighted by atomic mass is 9.88. The number of hydrogen-bond acceptors (Lipinski definition) is 3. The Labute approximate surface area is 75.3 Å². The van der Waals surface area contributed by atoms with Crippen LogP contribution in [-0.4, -0.2) is 30.3 Å². The van der Waals surface area contributed by atoms with Crippen molar-refractivity contribution in [2.75, 3.05) is 19.7 Å². The summed E-state index contributed by atoms with van der Waals surface area (Å²) in [6, 6.07) is 0. The predicted octanol–water partition coefficient (Wildman–Crippen LogP) is 0.332. The van der Waals surface area contributed by atoms with Crippen molar-refractivity contribution in [2.24, 2.45) is 11.7 Å². The Kier molecular flexibility index (Phi) is 5.46. The lowest BCUT2D eigenvalue weighted by molar-refractivity contribution is 0.243. The normalized spacial score (nSPS) is 16.5. The Morgan fingerprint density at radius 2 is 2.08 bits per heavy atom. The van der Waals surface area contributed by atoms with Crippen LogP contribution in [0, 0.1) is 5.92 Å². The van der Waals surface area contributed by atoms with Crippen molar-refractivity contribution in [3.63, 3.8) is 0 Å². The van der Waals surface area contributed by atoms with Gasteiger partial charge in [0.05, 0.1) is 0 Å². The minimum Gasteiger partial charge on any atom is -0.396 e. The van der Waals surface area contributed by atoms with Crippen LogP contribution in [-0.2, 0) is 0 Å². The third-order valence-corrected chi connectivity index (χ3v) is 2.56. The molecular formula is C9H22N2O. The van der Waals surface area contributed by atoms with Crippen LogP contribution in [0.4, 0.5) is 0 Å². The highest BCUT2D eigenvalue weighted by Gasteiger charge is 2.24. The van der Waals surface area contributed by atoms with Crippen LogP contribution in [0.3, 0.4) is 0 Å². The quantitative estimate of drug-likeness (QED) is 0.509. The maximum atomic E-state index is 8.60. The third-order valence-electron chi connectivity index (χ3n) is 2.56. The van der Waals surface area contributed by atoms with E-state index in [9.17, 15) is 0 Å². The zero-order valence-corrected chi connectivity index (χ0v) is 8.43. The highest BCUT2D eigenvalue weighted by atomic mass is 16.3. The number of hydrogen-bond donors (Lipinski definition) is 3. The topological polar surface area (TPSA) is 58.3 Å². The summed E-state index contributed by atoms with van der Waals surface area (Å²) in [6.45, 7) is 8.14. The predicted molar refractivity (Wildman–Crippen MR) is 52.0 cm³/mol. The van der Waals surface area contributed by atoms with Gasteiger partial charge in [0, 0.05) is 18.7 Å². The molecule has 0 aromatic heterocycles. The molecule has 0 aliphatic carbocycles. The first-order valence-electron chi connectivity index (χ1n) is 4.62. The highest BCUT2D eigenvalue weighted by molar-refractivity contribution is 4.86. The Hall–Kier alpha value is -0.120. The number of rotatable bonds is 6. The minimum absolute atomic E-state index is 0.00910. The van der Waals surface area contributed by atoms with Crippen LogP contribution < -0.4 is 11.1 Å². The van der Waals surface area contributed by atoms with Crippen LogP contribution >= 0.6 is 0 Å². The molecule has 0 saturated heterocycles. The van der Waals surface area contributed by atoms with Gasteiger partial charge in [-0.1, -0.05) is 13.8 Å². The fourth-order valence-corrected chi connectivity index (χ4v) is 0.965. The fraction of sp³-hybridized carbons (Fsp3) is 1.00. The number of aliphatic hydroxyl groups is 1. The van der Waals surface area contributed by atoms with E-state index in [1.807, 2.05) is 0 Å². The molecule has 0 radical (unpaired) electrons. The Bertz CT molecular complexity index is 117. The van der Waals surface area contributed by atoms with Crippen LogP contribution in [0.5, 0.6) is 0 Å². The fourth-order valence-electron chi connectivity index (χ4n) is 0.965. The van der Waals surface area contributed by atoms with Gasteiger partial charge in [-0.15, -0.1) is 0 Å². The van der Waals surface area contributed by atoms with Gasteiger partial charge in [-0.2, -0.15) is 0 Å². The monoisotopic (exact) mass is 174 g/mol. The van der Waals surface area contributed by atoms with E-state index < -0.39 is 0 Å². The summed E-state index contributed by atoms with van der Waals surface area (Å²) in [6.07, 6.45) is 0.794. The van der Waals surface area contributed by atoms with Crippen molar-refractivity contribution in [3.05, 3.63) is 0 Å². The number of nitrogens with two attached hydrogens (primary N) is 1. The molecule has 0 saturated carbocycles. The first kappa shape index (κ1) is 11.9. The van der Waals surface area contributed by atoms with E-state index in [4.69, 9.17) is 10.8 Å². The second-order valence-corrected chi connectivity index (χ2v) is 3.78. The summed E-state index contributed by atoms with van der Waals surface area (Å²) >= 11 is 0. The minimum atomic E-state index is 0.00910. The second-order valence-electron chi connectivity index (χ2n) is 3.78. The lowest BCUT2D eigenvalue weighted by Gasteiger charge is -2.33. The second kappa shape index (κ2) is 5.51. The van der Waals surface area contributed by atoms with E-state index in [-0.39, 0.29) is 12.1 Å². The smallest absolute Gasteiger partial charge is 0.0443 e. The van der Waals surface area contributed by atoms with Gasteiger partial charge in [-0.25, -0.2) is 0 Å². The van der Waals surface area contributed by atoms with Crippen molar-refractivity contribution in [1.29, 1.82) is 0 Å². The first-order chi connectivity index (χ1) is 5.56. The summed E-state index contributed by atoms with van der Waals surface area (Å²) < 4.78 is 0. The lowest BCUT2D eigenvalue weighted by Crippen LogP contribution is -2.53. The third kappa shape index (κ3) is 3.52. The van der Waals surface area contributed by atoms with Gasteiger partial charge < -0.3 is 16.2 Å². The molecule has 0 heterocycles. The van der Waals surface area contributed by atoms with Crippen LogP contribution in [0.2, 0.25) is 0 Å². The van der Waals surface area contributed by atoms with Gasteiger partial charge in [0.15, 0.2) is 0 Å². The van der Waals surface area contributed by atoms with Gasteiger partial charge in [0.25, 0.3) is 0 Å². The van der Waals surface area contributed by atoms with Crippen LogP contribution in [0.25, 0.3) is 0 Å². The van der Waals surface area contributed by atoms with Crippen molar-refractivity contribution in [3.8, 4) is 0 Å². The summed E-state index contributed by atoms with van der Waals surface area (Å²) in [7, 11) is 0. The van der Waals surface area contributed by atoms with E-state index in [1.54, 1.807) is 0 Å². The molecule has 12 heavy (non-hydrogen) atoms. The van der Waals surface area contributed by atoms with E-state index in [0.717, 1.165) is 13.0 Å². The van der Waals surface area contributed by atoms with E-state index in [1.165, 1.54) is 0 Å². The molecule has 1 atom stereocenters. The van der Waals surface area contributed by atoms with Crippen molar-refractivity contribution in [2.45, 2.75) is 32.7 Å². The van der Waals surface area contributed by atoms with E-state index in [0.29, 0.717) is 12.5 Å². The van der Waals surface area contributed by atoms with Crippen molar-refractivity contribution in [1.82, 2.24) is 5.32 Å². The molecular weight excluding hydrogens is 152 g/mol. The van der Waals surface area contributed by atoms with Crippen LogP contribution in [0.15, 0.2) is 0 Å². The largest absolute Gasteiger partial charge is 0.396 e. The molecule has 3 nitrogen and oxygen atoms in total. The molecule has 4 N–H and O–H groups in total. The highest BCUT2D eigenvalue weighted by Crippen LogP contribution is 2.14. The maximum absolute atomic E-state index is 8.60. The molecule has 0 aliphatic heterocycles. The Morgan fingerprint density at radius 1 is 1.50 bits per heavy atom.